The third-order valence-corrected chi connectivity index (χ3v) is 15.7. The lowest BCUT2D eigenvalue weighted by Gasteiger charge is -2.33. The first-order chi connectivity index (χ1) is 37.2. The van der Waals surface area contributed by atoms with Gasteiger partial charge < -0.3 is 23.8 Å². The van der Waals surface area contributed by atoms with Crippen molar-refractivity contribution in [3.63, 3.8) is 0 Å². The summed E-state index contributed by atoms with van der Waals surface area (Å²) < 4.78 is 23.1. The van der Waals surface area contributed by atoms with Crippen molar-refractivity contribution in [3.8, 4) is 0 Å². The number of esters is 4. The average molecular weight is 1080 g/mol. The van der Waals surface area contributed by atoms with E-state index in [0.29, 0.717) is 38.3 Å². The summed E-state index contributed by atoms with van der Waals surface area (Å²) in [5.74, 6) is -0.438. The molecule has 10 heteroatoms. The van der Waals surface area contributed by atoms with Crippen molar-refractivity contribution >= 4 is 23.9 Å². The van der Waals surface area contributed by atoms with Gasteiger partial charge in [-0.25, -0.2) is 0 Å². The Labute approximate surface area is 471 Å². The van der Waals surface area contributed by atoms with E-state index in [4.69, 9.17) is 18.9 Å². The molecule has 0 heterocycles. The summed E-state index contributed by atoms with van der Waals surface area (Å²) in [6, 6.07) is 0.394. The molecule has 450 valence electrons. The standard InChI is InChI=1S/C66H128N2O8/c1-8-15-20-25-32-41-51-63(69)73-58-59-74-64(70)54-57-68(56-44-55-67(13-6)14-7)60(45-35-30-26-28-33-42-52-65(71)75-61(47-37-21-16-9-2)48-38-22-17-10-3)46-36-31-27-29-34-43-53-66(72)76-62(49-39-23-18-11-4)50-40-24-19-12-5/h60-62H,8-59H2,1-7H3. The molecule has 0 aromatic heterocycles. The number of rotatable bonds is 60. The molecule has 10 nitrogen and oxygen atoms in total. The van der Waals surface area contributed by atoms with Crippen molar-refractivity contribution in [2.45, 2.75) is 356 Å². The molecule has 0 spiro atoms. The first-order valence-corrected chi connectivity index (χ1v) is 33.3. The van der Waals surface area contributed by atoms with E-state index in [9.17, 15) is 19.2 Å². The molecule has 0 radical (unpaired) electrons. The number of carbonyl (C=O) groups is 4. The van der Waals surface area contributed by atoms with E-state index in [2.05, 4.69) is 58.3 Å². The van der Waals surface area contributed by atoms with E-state index in [1.807, 2.05) is 0 Å². The second-order valence-corrected chi connectivity index (χ2v) is 22.7. The number of hydrogen-bond acceptors (Lipinski definition) is 10. The SMILES string of the molecule is CCCCCCCCC(=O)OCCOC(=O)CCN(CCCN(CC)CC)C(CCCCCCCCC(=O)OC(CCCCCC)CCCCCC)CCCCCCCCC(=O)OC(CCCCCC)CCCCCC. The normalized spacial score (nSPS) is 11.7. The summed E-state index contributed by atoms with van der Waals surface area (Å²) in [4.78, 5) is 56.3. The van der Waals surface area contributed by atoms with Crippen LogP contribution in [0.25, 0.3) is 0 Å². The van der Waals surface area contributed by atoms with Gasteiger partial charge in [0, 0.05) is 31.8 Å². The maximum Gasteiger partial charge on any atom is 0.307 e. The van der Waals surface area contributed by atoms with Crippen molar-refractivity contribution in [2.24, 2.45) is 0 Å². The van der Waals surface area contributed by atoms with Gasteiger partial charge in [-0.1, -0.05) is 222 Å². The van der Waals surface area contributed by atoms with Gasteiger partial charge in [-0.2, -0.15) is 0 Å². The smallest absolute Gasteiger partial charge is 0.307 e. The lowest BCUT2D eigenvalue weighted by molar-refractivity contribution is -0.152. The summed E-state index contributed by atoms with van der Waals surface area (Å²) >= 11 is 0. The Morgan fingerprint density at radius 3 is 0.974 bits per heavy atom. The van der Waals surface area contributed by atoms with Crippen LogP contribution in [0.3, 0.4) is 0 Å². The Bertz CT molecular complexity index is 1200. The average Bonchev–Trinajstić information content (AvgIpc) is 3.41. The highest BCUT2D eigenvalue weighted by Crippen LogP contribution is 2.23. The van der Waals surface area contributed by atoms with Crippen LogP contribution in [-0.4, -0.2) is 97.9 Å². The Hall–Kier alpha value is -2.20. The van der Waals surface area contributed by atoms with Gasteiger partial charge in [0.25, 0.3) is 0 Å². The van der Waals surface area contributed by atoms with E-state index >= 15 is 0 Å². The van der Waals surface area contributed by atoms with Crippen molar-refractivity contribution < 1.29 is 38.1 Å². The zero-order chi connectivity index (χ0) is 55.8. The van der Waals surface area contributed by atoms with E-state index in [1.165, 1.54) is 122 Å². The molecule has 0 saturated heterocycles. The third kappa shape index (κ3) is 48.9. The molecule has 0 aliphatic rings. The molecule has 0 aliphatic carbocycles. The first-order valence-electron chi connectivity index (χ1n) is 33.3. The van der Waals surface area contributed by atoms with Crippen molar-refractivity contribution in [2.75, 3.05) is 45.9 Å². The van der Waals surface area contributed by atoms with Crippen LogP contribution in [0.1, 0.15) is 337 Å². The molecule has 0 fully saturated rings. The van der Waals surface area contributed by atoms with E-state index in [0.717, 1.165) is 167 Å². The van der Waals surface area contributed by atoms with Gasteiger partial charge in [0.15, 0.2) is 0 Å². The van der Waals surface area contributed by atoms with E-state index in [-0.39, 0.29) is 49.3 Å². The van der Waals surface area contributed by atoms with Crippen LogP contribution in [-0.2, 0) is 38.1 Å². The van der Waals surface area contributed by atoms with Crippen LogP contribution in [0.2, 0.25) is 0 Å². The lowest BCUT2D eigenvalue weighted by Crippen LogP contribution is -2.39. The fraction of sp³-hybridized carbons (Fsp3) is 0.939. The van der Waals surface area contributed by atoms with Crippen LogP contribution in [0.15, 0.2) is 0 Å². The topological polar surface area (TPSA) is 112 Å². The maximum absolute atomic E-state index is 13.1. The molecule has 0 amide bonds. The van der Waals surface area contributed by atoms with Gasteiger partial charge >= 0.3 is 23.9 Å². The molecule has 0 aliphatic heterocycles. The highest BCUT2D eigenvalue weighted by molar-refractivity contribution is 5.70. The maximum atomic E-state index is 13.1. The quantitative estimate of drug-likeness (QED) is 0.0332. The van der Waals surface area contributed by atoms with Gasteiger partial charge in [-0.15, -0.1) is 0 Å². The van der Waals surface area contributed by atoms with E-state index in [1.54, 1.807) is 0 Å². The van der Waals surface area contributed by atoms with Gasteiger partial charge in [0.2, 0.25) is 0 Å². The van der Waals surface area contributed by atoms with E-state index < -0.39 is 0 Å². The molecule has 0 aromatic carbocycles. The number of hydrogen-bond donors (Lipinski definition) is 0. The summed E-state index contributed by atoms with van der Waals surface area (Å²) in [5, 5.41) is 0. The zero-order valence-electron chi connectivity index (χ0n) is 51.7. The van der Waals surface area contributed by atoms with Gasteiger partial charge in [-0.3, -0.25) is 24.1 Å². The minimum Gasteiger partial charge on any atom is -0.462 e. The van der Waals surface area contributed by atoms with Gasteiger partial charge in [-0.05, 0) is 116 Å². The molecule has 0 bridgehead atoms. The molecule has 76 heavy (non-hydrogen) atoms. The fourth-order valence-corrected chi connectivity index (χ4v) is 10.7. The minimum atomic E-state index is -0.226. The largest absolute Gasteiger partial charge is 0.462 e. The molecule has 0 rings (SSSR count). The molecule has 0 unspecified atom stereocenters. The van der Waals surface area contributed by atoms with Crippen molar-refractivity contribution in [1.29, 1.82) is 0 Å². The van der Waals surface area contributed by atoms with Crippen LogP contribution >= 0.6 is 0 Å². The highest BCUT2D eigenvalue weighted by atomic mass is 16.6. The molecule has 0 N–H and O–H groups in total. The van der Waals surface area contributed by atoms with Crippen LogP contribution in [0.4, 0.5) is 0 Å². The Kier molecular flexibility index (Phi) is 55.8. The monoisotopic (exact) mass is 1080 g/mol. The molecular formula is C66H128N2O8. The highest BCUT2D eigenvalue weighted by Gasteiger charge is 2.21. The van der Waals surface area contributed by atoms with Crippen molar-refractivity contribution in [1.82, 2.24) is 9.80 Å². The first kappa shape index (κ1) is 73.8. The summed E-state index contributed by atoms with van der Waals surface area (Å²) in [7, 11) is 0. The molecule has 0 atom stereocenters. The minimum absolute atomic E-state index is 0.00368. The summed E-state index contributed by atoms with van der Waals surface area (Å²) in [5.41, 5.74) is 0. The Balaban J connectivity index is 5.40. The molecular weight excluding hydrogens is 949 g/mol. The molecule has 0 saturated carbocycles. The second-order valence-electron chi connectivity index (χ2n) is 22.7. The Morgan fingerprint density at radius 1 is 0.303 bits per heavy atom. The predicted molar refractivity (Wildman–Crippen MR) is 321 cm³/mol. The van der Waals surface area contributed by atoms with Gasteiger partial charge in [0.1, 0.15) is 25.4 Å². The van der Waals surface area contributed by atoms with Crippen LogP contribution < -0.4 is 0 Å². The van der Waals surface area contributed by atoms with Crippen LogP contribution in [0.5, 0.6) is 0 Å². The number of carbonyl (C=O) groups excluding carboxylic acids is 4. The fourth-order valence-electron chi connectivity index (χ4n) is 10.7. The Morgan fingerprint density at radius 2 is 0.605 bits per heavy atom. The van der Waals surface area contributed by atoms with Crippen molar-refractivity contribution in [3.05, 3.63) is 0 Å². The lowest BCUT2D eigenvalue weighted by atomic mass is 9.98. The summed E-state index contributed by atoms with van der Waals surface area (Å²) in [6.07, 6.45) is 48.7. The number of nitrogens with zero attached hydrogens (tertiary/aromatic N) is 2. The zero-order valence-corrected chi connectivity index (χ0v) is 51.7. The van der Waals surface area contributed by atoms with Gasteiger partial charge in [0.05, 0.1) is 6.42 Å². The second kappa shape index (κ2) is 57.5. The number of unbranched alkanes of at least 4 members (excludes halogenated alkanes) is 27. The molecule has 0 aromatic rings. The summed E-state index contributed by atoms with van der Waals surface area (Å²) in [6.45, 7) is 20.6. The third-order valence-electron chi connectivity index (χ3n) is 15.7. The van der Waals surface area contributed by atoms with Crippen LogP contribution in [0, 0.1) is 0 Å². The number of ether oxygens (including phenoxy) is 4. The predicted octanol–water partition coefficient (Wildman–Crippen LogP) is 18.6.